The molecule has 0 saturated heterocycles. The Bertz CT molecular complexity index is 723. The van der Waals surface area contributed by atoms with E-state index in [0.717, 1.165) is 11.1 Å². The summed E-state index contributed by atoms with van der Waals surface area (Å²) in [4.78, 5) is 8.83. The lowest BCUT2D eigenvalue weighted by molar-refractivity contribution is 0.588. The molecule has 0 aliphatic heterocycles. The van der Waals surface area contributed by atoms with Crippen LogP contribution >= 0.6 is 11.6 Å². The maximum atomic E-state index is 11.7. The zero-order valence-electron chi connectivity index (χ0n) is 11.8. The maximum absolute atomic E-state index is 11.7. The van der Waals surface area contributed by atoms with Crippen LogP contribution in [0.1, 0.15) is 30.6 Å². The van der Waals surface area contributed by atoms with Gasteiger partial charge >= 0.3 is 0 Å². The van der Waals surface area contributed by atoms with Crippen LogP contribution in [0.3, 0.4) is 0 Å². The van der Waals surface area contributed by atoms with Crippen molar-refractivity contribution >= 4 is 32.6 Å². The van der Waals surface area contributed by atoms with Gasteiger partial charge in [-0.15, -0.1) is 11.6 Å². The Labute approximate surface area is 123 Å². The summed E-state index contributed by atoms with van der Waals surface area (Å²) in [6.45, 7) is 5.74. The van der Waals surface area contributed by atoms with Crippen LogP contribution in [0.4, 0.5) is 0 Å². The van der Waals surface area contributed by atoms with Gasteiger partial charge in [-0.1, -0.05) is 6.92 Å². The highest BCUT2D eigenvalue weighted by Gasteiger charge is 2.18. The molecule has 2 aromatic rings. The third kappa shape index (κ3) is 3.12. The van der Waals surface area contributed by atoms with Crippen molar-refractivity contribution in [2.45, 2.75) is 32.7 Å². The molecule has 20 heavy (non-hydrogen) atoms. The number of imidazole rings is 1. The first kappa shape index (κ1) is 15.3. The SMILES string of the molecule is CCS(=O)(=O)CCn1c(C(C)Cl)nc2cc(C)cnc21. The zero-order valence-corrected chi connectivity index (χ0v) is 13.4. The second-order valence-corrected chi connectivity index (χ2v) is 7.96. The van der Waals surface area contributed by atoms with Gasteiger partial charge in [0.2, 0.25) is 0 Å². The molecule has 110 valence electrons. The molecule has 0 radical (unpaired) electrons. The summed E-state index contributed by atoms with van der Waals surface area (Å²) in [5.74, 6) is 0.866. The number of pyridine rings is 1. The topological polar surface area (TPSA) is 64.8 Å². The minimum absolute atomic E-state index is 0.0706. The van der Waals surface area contributed by atoms with E-state index in [-0.39, 0.29) is 16.9 Å². The summed E-state index contributed by atoms with van der Waals surface area (Å²) in [7, 11) is -3.03. The van der Waals surface area contributed by atoms with Gasteiger partial charge in [-0.3, -0.25) is 0 Å². The fourth-order valence-corrected chi connectivity index (χ4v) is 2.94. The molecule has 1 unspecified atom stereocenters. The first-order chi connectivity index (χ1) is 9.34. The molecule has 0 spiro atoms. The molecule has 0 saturated carbocycles. The van der Waals surface area contributed by atoms with Crippen molar-refractivity contribution in [1.82, 2.24) is 14.5 Å². The van der Waals surface area contributed by atoms with E-state index in [1.807, 2.05) is 19.9 Å². The molecule has 2 aromatic heterocycles. The third-order valence-electron chi connectivity index (χ3n) is 3.17. The van der Waals surface area contributed by atoms with Crippen LogP contribution in [0.2, 0.25) is 0 Å². The standard InChI is InChI=1S/C13H18ClN3O2S/c1-4-20(18,19)6-5-17-12(10(3)14)16-11-7-9(2)8-15-13(11)17/h7-8,10H,4-6H2,1-3H3. The van der Waals surface area contributed by atoms with Gasteiger partial charge in [0.05, 0.1) is 11.1 Å². The Morgan fingerprint density at radius 2 is 2.15 bits per heavy atom. The van der Waals surface area contributed by atoms with Crippen LogP contribution in [-0.2, 0) is 16.4 Å². The fraction of sp³-hybridized carbons (Fsp3) is 0.538. The lowest BCUT2D eigenvalue weighted by Crippen LogP contribution is -2.16. The molecular formula is C13H18ClN3O2S. The number of alkyl halides is 1. The van der Waals surface area contributed by atoms with Gasteiger partial charge in [0, 0.05) is 18.5 Å². The van der Waals surface area contributed by atoms with Gasteiger partial charge in [0.15, 0.2) is 15.5 Å². The molecule has 2 rings (SSSR count). The molecule has 2 heterocycles. The van der Waals surface area contributed by atoms with Gasteiger partial charge in [-0.05, 0) is 25.5 Å². The lowest BCUT2D eigenvalue weighted by Gasteiger charge is -2.09. The number of aryl methyl sites for hydroxylation is 2. The van der Waals surface area contributed by atoms with Gasteiger partial charge in [-0.25, -0.2) is 18.4 Å². The van der Waals surface area contributed by atoms with Crippen molar-refractivity contribution in [3.05, 3.63) is 23.7 Å². The number of nitrogens with zero attached hydrogens (tertiary/aromatic N) is 3. The van der Waals surface area contributed by atoms with Crippen molar-refractivity contribution in [3.63, 3.8) is 0 Å². The van der Waals surface area contributed by atoms with Crippen LogP contribution in [0.5, 0.6) is 0 Å². The molecule has 0 aliphatic rings. The summed E-state index contributed by atoms with van der Waals surface area (Å²) >= 11 is 6.14. The molecule has 0 amide bonds. The third-order valence-corrected chi connectivity index (χ3v) is 5.05. The number of rotatable bonds is 5. The summed E-state index contributed by atoms with van der Waals surface area (Å²) in [6.07, 6.45) is 1.75. The fourth-order valence-electron chi connectivity index (χ4n) is 2.03. The van der Waals surface area contributed by atoms with E-state index in [0.29, 0.717) is 18.0 Å². The second kappa shape index (κ2) is 5.69. The van der Waals surface area contributed by atoms with Crippen molar-refractivity contribution in [2.75, 3.05) is 11.5 Å². The molecule has 7 heteroatoms. The van der Waals surface area contributed by atoms with Crippen LogP contribution < -0.4 is 0 Å². The Balaban J connectivity index is 2.46. The molecule has 0 aliphatic carbocycles. The van der Waals surface area contributed by atoms with E-state index >= 15 is 0 Å². The van der Waals surface area contributed by atoms with Gasteiger partial charge < -0.3 is 4.57 Å². The maximum Gasteiger partial charge on any atom is 0.160 e. The number of fused-ring (bicyclic) bond motifs is 1. The number of halogens is 1. The average molecular weight is 316 g/mol. The van der Waals surface area contributed by atoms with Crippen molar-refractivity contribution in [1.29, 1.82) is 0 Å². The van der Waals surface area contributed by atoms with Crippen molar-refractivity contribution in [2.24, 2.45) is 0 Å². The highest BCUT2D eigenvalue weighted by atomic mass is 35.5. The first-order valence-electron chi connectivity index (χ1n) is 6.51. The number of hydrogen-bond acceptors (Lipinski definition) is 4. The van der Waals surface area contributed by atoms with E-state index in [1.165, 1.54) is 0 Å². The van der Waals surface area contributed by atoms with Crippen LogP contribution in [0.15, 0.2) is 12.3 Å². The summed E-state index contributed by atoms with van der Waals surface area (Å²) < 4.78 is 25.2. The second-order valence-electron chi connectivity index (χ2n) is 4.83. The molecule has 1 atom stereocenters. The van der Waals surface area contributed by atoms with E-state index in [4.69, 9.17) is 11.6 Å². The molecule has 0 fully saturated rings. The zero-order chi connectivity index (χ0) is 14.9. The summed E-state index contributed by atoms with van der Waals surface area (Å²) in [5.41, 5.74) is 2.45. The minimum Gasteiger partial charge on any atom is -0.310 e. The number of hydrogen-bond donors (Lipinski definition) is 0. The van der Waals surface area contributed by atoms with E-state index in [1.54, 1.807) is 17.7 Å². The molecule has 0 bridgehead atoms. The predicted molar refractivity (Wildman–Crippen MR) is 80.9 cm³/mol. The monoisotopic (exact) mass is 315 g/mol. The molecule has 0 aromatic carbocycles. The van der Waals surface area contributed by atoms with E-state index < -0.39 is 9.84 Å². The van der Waals surface area contributed by atoms with Gasteiger partial charge in [0.1, 0.15) is 11.3 Å². The Kier molecular flexibility index (Phi) is 4.34. The van der Waals surface area contributed by atoms with Gasteiger partial charge in [0.25, 0.3) is 0 Å². The Morgan fingerprint density at radius 3 is 2.75 bits per heavy atom. The highest BCUT2D eigenvalue weighted by Crippen LogP contribution is 2.24. The Hall–Kier alpha value is -1.14. The van der Waals surface area contributed by atoms with E-state index in [9.17, 15) is 8.42 Å². The van der Waals surface area contributed by atoms with E-state index in [2.05, 4.69) is 9.97 Å². The quantitative estimate of drug-likeness (QED) is 0.795. The molecule has 5 nitrogen and oxygen atoms in total. The first-order valence-corrected chi connectivity index (χ1v) is 8.77. The largest absolute Gasteiger partial charge is 0.310 e. The smallest absolute Gasteiger partial charge is 0.160 e. The van der Waals surface area contributed by atoms with Crippen LogP contribution in [-0.4, -0.2) is 34.5 Å². The van der Waals surface area contributed by atoms with Crippen LogP contribution in [0.25, 0.3) is 11.2 Å². The van der Waals surface area contributed by atoms with Crippen LogP contribution in [0, 0.1) is 6.92 Å². The molecular weight excluding hydrogens is 298 g/mol. The van der Waals surface area contributed by atoms with Gasteiger partial charge in [-0.2, -0.15) is 0 Å². The molecule has 0 N–H and O–H groups in total. The Morgan fingerprint density at radius 1 is 1.45 bits per heavy atom. The predicted octanol–water partition coefficient (Wildman–Crippen LogP) is 2.47. The number of aromatic nitrogens is 3. The minimum atomic E-state index is -3.03. The van der Waals surface area contributed by atoms with Crippen molar-refractivity contribution in [3.8, 4) is 0 Å². The summed E-state index contributed by atoms with van der Waals surface area (Å²) in [6, 6.07) is 1.93. The highest BCUT2D eigenvalue weighted by molar-refractivity contribution is 7.91. The summed E-state index contributed by atoms with van der Waals surface area (Å²) in [5, 5.41) is -0.297. The van der Waals surface area contributed by atoms with Crippen molar-refractivity contribution < 1.29 is 8.42 Å². The lowest BCUT2D eigenvalue weighted by atomic mass is 10.3. The number of sulfone groups is 1. The normalized spacial score (nSPS) is 13.8. The average Bonchev–Trinajstić information content (AvgIpc) is 2.74.